The van der Waals surface area contributed by atoms with Gasteiger partial charge in [0, 0.05) is 12.2 Å². The molecule has 30 heavy (non-hydrogen) atoms. The van der Waals surface area contributed by atoms with Gasteiger partial charge < -0.3 is 14.6 Å². The SMILES string of the molecule is COc1cccc2c1-c1ccc(CS(N)(=O)=O)cc1C(c1cccc(CCO)c1)O2. The van der Waals surface area contributed by atoms with Gasteiger partial charge in [0.05, 0.1) is 18.4 Å². The van der Waals surface area contributed by atoms with Gasteiger partial charge in [0.2, 0.25) is 10.0 Å². The molecular weight excluding hydrogens is 402 g/mol. The van der Waals surface area contributed by atoms with Crippen LogP contribution in [0.3, 0.4) is 0 Å². The predicted octanol–water partition coefficient (Wildman–Crippen LogP) is 3.17. The number of rotatable bonds is 6. The van der Waals surface area contributed by atoms with Crippen LogP contribution in [-0.2, 0) is 22.2 Å². The van der Waals surface area contributed by atoms with Crippen molar-refractivity contribution in [3.8, 4) is 22.6 Å². The first-order valence-electron chi connectivity index (χ1n) is 9.56. The zero-order valence-corrected chi connectivity index (χ0v) is 17.4. The van der Waals surface area contributed by atoms with Gasteiger partial charge >= 0.3 is 0 Å². The Morgan fingerprint density at radius 3 is 2.60 bits per heavy atom. The van der Waals surface area contributed by atoms with Crippen LogP contribution in [0.2, 0.25) is 0 Å². The van der Waals surface area contributed by atoms with Gasteiger partial charge in [0.1, 0.15) is 17.6 Å². The van der Waals surface area contributed by atoms with Crippen molar-refractivity contribution in [1.29, 1.82) is 0 Å². The average molecular weight is 426 g/mol. The first kappa shape index (κ1) is 20.4. The number of nitrogens with two attached hydrogens (primary N) is 1. The third kappa shape index (κ3) is 4.05. The molecule has 6 nitrogen and oxygen atoms in total. The van der Waals surface area contributed by atoms with Crippen LogP contribution < -0.4 is 14.6 Å². The molecule has 0 spiro atoms. The summed E-state index contributed by atoms with van der Waals surface area (Å²) in [6, 6.07) is 19.0. The molecule has 3 aromatic rings. The quantitative estimate of drug-likeness (QED) is 0.632. The van der Waals surface area contributed by atoms with Crippen molar-refractivity contribution in [2.75, 3.05) is 13.7 Å². The Morgan fingerprint density at radius 2 is 1.87 bits per heavy atom. The van der Waals surface area contributed by atoms with Crippen molar-refractivity contribution in [2.45, 2.75) is 18.3 Å². The van der Waals surface area contributed by atoms with Crippen LogP contribution in [-0.4, -0.2) is 27.2 Å². The molecule has 0 aliphatic carbocycles. The van der Waals surface area contributed by atoms with Crippen LogP contribution in [0.5, 0.6) is 11.5 Å². The molecule has 4 rings (SSSR count). The summed E-state index contributed by atoms with van der Waals surface area (Å²) in [4.78, 5) is 0. The molecule has 1 heterocycles. The van der Waals surface area contributed by atoms with Gasteiger partial charge in [-0.25, -0.2) is 13.6 Å². The van der Waals surface area contributed by atoms with E-state index in [1.54, 1.807) is 13.2 Å². The maximum Gasteiger partial charge on any atom is 0.213 e. The minimum atomic E-state index is -3.67. The first-order valence-corrected chi connectivity index (χ1v) is 11.3. The second kappa shape index (κ2) is 8.10. The maximum absolute atomic E-state index is 11.6. The van der Waals surface area contributed by atoms with Crippen LogP contribution in [0.1, 0.15) is 28.4 Å². The predicted molar refractivity (Wildman–Crippen MR) is 115 cm³/mol. The summed E-state index contributed by atoms with van der Waals surface area (Å²) in [6.45, 7) is 0.0596. The van der Waals surface area contributed by atoms with Crippen molar-refractivity contribution in [3.63, 3.8) is 0 Å². The van der Waals surface area contributed by atoms with Gasteiger partial charge in [-0.05, 0) is 40.8 Å². The number of hydrogen-bond donors (Lipinski definition) is 2. The van der Waals surface area contributed by atoms with Gasteiger partial charge in [-0.2, -0.15) is 0 Å². The van der Waals surface area contributed by atoms with Crippen molar-refractivity contribution in [1.82, 2.24) is 0 Å². The number of aliphatic hydroxyl groups excluding tert-OH is 1. The summed E-state index contributed by atoms with van der Waals surface area (Å²) in [6.07, 6.45) is 0.113. The lowest BCUT2D eigenvalue weighted by Gasteiger charge is -2.30. The molecule has 0 saturated heterocycles. The maximum atomic E-state index is 11.6. The third-order valence-electron chi connectivity index (χ3n) is 5.14. The Labute approximate surface area is 175 Å². The van der Waals surface area contributed by atoms with Crippen molar-refractivity contribution in [2.24, 2.45) is 5.14 Å². The highest BCUT2D eigenvalue weighted by Crippen LogP contribution is 2.49. The second-order valence-electron chi connectivity index (χ2n) is 7.28. The van der Waals surface area contributed by atoms with E-state index < -0.39 is 16.1 Å². The number of primary sulfonamides is 1. The van der Waals surface area contributed by atoms with Gasteiger partial charge in [0.25, 0.3) is 0 Å². The van der Waals surface area contributed by atoms with Gasteiger partial charge in [-0.15, -0.1) is 0 Å². The van der Waals surface area contributed by atoms with Gasteiger partial charge in [0.15, 0.2) is 0 Å². The normalized spacial score (nSPS) is 15.1. The van der Waals surface area contributed by atoms with E-state index >= 15 is 0 Å². The summed E-state index contributed by atoms with van der Waals surface area (Å²) < 4.78 is 35.2. The Bertz CT molecular complexity index is 1190. The van der Waals surface area contributed by atoms with E-state index in [0.29, 0.717) is 23.5 Å². The number of hydrogen-bond acceptors (Lipinski definition) is 5. The fourth-order valence-electron chi connectivity index (χ4n) is 3.90. The minimum absolute atomic E-state index is 0.0596. The lowest BCUT2D eigenvalue weighted by molar-refractivity contribution is 0.241. The van der Waals surface area contributed by atoms with Gasteiger partial charge in [-0.1, -0.05) is 48.5 Å². The smallest absolute Gasteiger partial charge is 0.213 e. The monoisotopic (exact) mass is 425 g/mol. The molecule has 0 bridgehead atoms. The van der Waals surface area contributed by atoms with Crippen LogP contribution in [0.25, 0.3) is 11.1 Å². The number of ether oxygens (including phenoxy) is 2. The van der Waals surface area contributed by atoms with E-state index in [1.807, 2.05) is 54.6 Å². The molecule has 1 aliphatic heterocycles. The molecule has 3 aromatic carbocycles. The molecule has 1 aliphatic rings. The van der Waals surface area contributed by atoms with Gasteiger partial charge in [-0.3, -0.25) is 0 Å². The second-order valence-corrected chi connectivity index (χ2v) is 8.89. The Kier molecular flexibility index (Phi) is 5.51. The van der Waals surface area contributed by atoms with E-state index in [1.165, 1.54) is 0 Å². The number of sulfonamides is 1. The Hall–Kier alpha value is -2.87. The molecular formula is C23H23NO5S. The highest BCUT2D eigenvalue weighted by Gasteiger charge is 2.30. The van der Waals surface area contributed by atoms with E-state index in [2.05, 4.69) is 0 Å². The molecule has 1 atom stereocenters. The number of aliphatic hydroxyl groups is 1. The number of fused-ring (bicyclic) bond motifs is 3. The average Bonchev–Trinajstić information content (AvgIpc) is 2.71. The highest BCUT2D eigenvalue weighted by atomic mass is 32.2. The minimum Gasteiger partial charge on any atom is -0.496 e. The highest BCUT2D eigenvalue weighted by molar-refractivity contribution is 7.88. The summed E-state index contributed by atoms with van der Waals surface area (Å²) >= 11 is 0. The fourth-order valence-corrected chi connectivity index (χ4v) is 4.55. The van der Waals surface area contributed by atoms with Crippen LogP contribution in [0.15, 0.2) is 60.7 Å². The summed E-state index contributed by atoms with van der Waals surface area (Å²) in [7, 11) is -2.06. The summed E-state index contributed by atoms with van der Waals surface area (Å²) in [5.74, 6) is 1.12. The molecule has 0 saturated carbocycles. The van der Waals surface area contributed by atoms with E-state index in [-0.39, 0.29) is 12.4 Å². The molecule has 0 aromatic heterocycles. The number of benzene rings is 3. The topological polar surface area (TPSA) is 98.9 Å². The van der Waals surface area contributed by atoms with E-state index in [0.717, 1.165) is 27.8 Å². The molecule has 156 valence electrons. The molecule has 0 radical (unpaired) electrons. The van der Waals surface area contributed by atoms with Crippen LogP contribution in [0, 0.1) is 0 Å². The Balaban J connectivity index is 1.89. The standard InChI is InChI=1S/C23H23NO5S/c1-28-20-6-3-7-21-22(20)18-9-8-16(14-30(24,26)27)13-19(18)23(29-21)17-5-2-4-15(12-17)10-11-25/h2-9,12-13,23,25H,10-11,14H2,1H3,(H2,24,26,27). The van der Waals surface area contributed by atoms with E-state index in [9.17, 15) is 13.5 Å². The number of methoxy groups -OCH3 is 1. The van der Waals surface area contributed by atoms with Crippen molar-refractivity contribution >= 4 is 10.0 Å². The fraction of sp³-hybridized carbons (Fsp3) is 0.217. The molecule has 1 unspecified atom stereocenters. The summed E-state index contributed by atoms with van der Waals surface area (Å²) in [5.41, 5.74) is 5.11. The Morgan fingerprint density at radius 1 is 1.07 bits per heavy atom. The first-order chi connectivity index (χ1) is 14.4. The van der Waals surface area contributed by atoms with Crippen LogP contribution >= 0.6 is 0 Å². The lowest BCUT2D eigenvalue weighted by Crippen LogP contribution is -2.18. The lowest BCUT2D eigenvalue weighted by atomic mass is 9.87. The van der Waals surface area contributed by atoms with Crippen molar-refractivity contribution in [3.05, 3.63) is 82.9 Å². The van der Waals surface area contributed by atoms with E-state index in [4.69, 9.17) is 14.6 Å². The largest absolute Gasteiger partial charge is 0.496 e. The zero-order valence-electron chi connectivity index (χ0n) is 16.5. The molecule has 3 N–H and O–H groups in total. The summed E-state index contributed by atoms with van der Waals surface area (Å²) in [5, 5.41) is 14.6. The van der Waals surface area contributed by atoms with Crippen molar-refractivity contribution < 1.29 is 23.0 Å². The third-order valence-corrected chi connectivity index (χ3v) is 5.88. The molecule has 7 heteroatoms. The van der Waals surface area contributed by atoms with Crippen LogP contribution in [0.4, 0.5) is 0 Å². The zero-order chi connectivity index (χ0) is 21.3. The molecule has 0 amide bonds. The molecule has 0 fully saturated rings.